The Balaban J connectivity index is 1.67. The highest BCUT2D eigenvalue weighted by atomic mass is 19.4. The van der Waals surface area contributed by atoms with Gasteiger partial charge in [0.1, 0.15) is 18.0 Å². The van der Waals surface area contributed by atoms with Crippen LogP contribution in [0.5, 0.6) is 11.5 Å². The molecule has 4 rings (SSSR count). The number of carbonyl (C=O) groups is 2. The molecule has 0 saturated heterocycles. The Bertz CT molecular complexity index is 1420. The summed E-state index contributed by atoms with van der Waals surface area (Å²) in [6.07, 6.45) is -2.29. The minimum Gasteiger partial charge on any atom is -0.497 e. The molecule has 0 fully saturated rings. The lowest BCUT2D eigenvalue weighted by molar-refractivity contribution is -0.137. The van der Waals surface area contributed by atoms with Crippen molar-refractivity contribution in [1.29, 1.82) is 0 Å². The molecule has 9 nitrogen and oxygen atoms in total. The molecule has 3 aromatic rings. The van der Waals surface area contributed by atoms with Crippen LogP contribution >= 0.6 is 0 Å². The zero-order chi connectivity index (χ0) is 29.7. The summed E-state index contributed by atoms with van der Waals surface area (Å²) in [5, 5.41) is 6.01. The number of benzene rings is 2. The third-order valence-corrected chi connectivity index (χ3v) is 6.84. The summed E-state index contributed by atoms with van der Waals surface area (Å²) in [5.74, 6) is 0.0136. The van der Waals surface area contributed by atoms with Crippen molar-refractivity contribution in [3.05, 3.63) is 83.2 Å². The standard InChI is InChI=1S/C29H31F3N4O5/c1-34-13-5-6-24(34)23-17-25(22-16-21(40-3)11-12-26(22)41-4)36(33-23)27(37)18-35(14-15-39-2)28(38)19-7-9-20(10-8-19)29(30,31)32/h5-13,16,25H,14-15,17-18H2,1-4H3. The number of ether oxygens (including phenoxy) is 3. The van der Waals surface area contributed by atoms with Gasteiger partial charge < -0.3 is 23.7 Å². The summed E-state index contributed by atoms with van der Waals surface area (Å²) in [5.41, 5.74) is 1.30. The zero-order valence-corrected chi connectivity index (χ0v) is 23.1. The van der Waals surface area contributed by atoms with Gasteiger partial charge in [0.05, 0.1) is 43.8 Å². The number of carbonyl (C=O) groups excluding carboxylic acids is 2. The summed E-state index contributed by atoms with van der Waals surface area (Å²) in [6, 6.07) is 12.4. The Morgan fingerprint density at radius 2 is 1.78 bits per heavy atom. The lowest BCUT2D eigenvalue weighted by Gasteiger charge is -2.28. The summed E-state index contributed by atoms with van der Waals surface area (Å²) < 4.78 is 57.1. The minimum absolute atomic E-state index is 0.0161. The number of aryl methyl sites for hydroxylation is 1. The van der Waals surface area contributed by atoms with Gasteiger partial charge in [-0.3, -0.25) is 9.59 Å². The highest BCUT2D eigenvalue weighted by Gasteiger charge is 2.37. The molecule has 0 bridgehead atoms. The van der Waals surface area contributed by atoms with Gasteiger partial charge in [0.25, 0.3) is 11.8 Å². The average Bonchev–Trinajstić information content (AvgIpc) is 3.60. The van der Waals surface area contributed by atoms with Crippen LogP contribution in [0.3, 0.4) is 0 Å². The van der Waals surface area contributed by atoms with Crippen molar-refractivity contribution in [2.45, 2.75) is 18.6 Å². The van der Waals surface area contributed by atoms with Crippen LogP contribution < -0.4 is 9.47 Å². The van der Waals surface area contributed by atoms with E-state index in [1.165, 1.54) is 31.2 Å². The second-order valence-electron chi connectivity index (χ2n) is 9.41. The summed E-state index contributed by atoms with van der Waals surface area (Å²) in [4.78, 5) is 28.4. The maximum Gasteiger partial charge on any atom is 0.416 e. The van der Waals surface area contributed by atoms with E-state index >= 15 is 0 Å². The number of methoxy groups -OCH3 is 3. The van der Waals surface area contributed by atoms with Crippen molar-refractivity contribution >= 4 is 17.5 Å². The van der Waals surface area contributed by atoms with E-state index < -0.39 is 29.6 Å². The maximum absolute atomic E-state index is 13.8. The van der Waals surface area contributed by atoms with Crippen LogP contribution in [0.4, 0.5) is 13.2 Å². The number of aromatic nitrogens is 1. The van der Waals surface area contributed by atoms with E-state index in [0.717, 1.165) is 30.0 Å². The molecular weight excluding hydrogens is 541 g/mol. The fourth-order valence-electron chi connectivity index (χ4n) is 4.67. The number of alkyl halides is 3. The van der Waals surface area contributed by atoms with Crippen molar-refractivity contribution in [2.75, 3.05) is 41.0 Å². The van der Waals surface area contributed by atoms with Crippen LogP contribution in [0.15, 0.2) is 65.9 Å². The number of amides is 2. The Labute approximate surface area is 235 Å². The number of halogens is 3. The van der Waals surface area contributed by atoms with Gasteiger partial charge >= 0.3 is 6.18 Å². The molecule has 41 heavy (non-hydrogen) atoms. The summed E-state index contributed by atoms with van der Waals surface area (Å²) in [6.45, 7) is -0.224. The first-order valence-corrected chi connectivity index (χ1v) is 12.8. The topological polar surface area (TPSA) is 85.6 Å². The van der Waals surface area contributed by atoms with Crippen LogP contribution in [0.25, 0.3) is 0 Å². The molecule has 12 heteroatoms. The van der Waals surface area contributed by atoms with E-state index in [0.29, 0.717) is 29.2 Å². The molecule has 0 radical (unpaired) electrons. The predicted octanol–water partition coefficient (Wildman–Crippen LogP) is 4.53. The van der Waals surface area contributed by atoms with Gasteiger partial charge in [-0.05, 0) is 54.6 Å². The van der Waals surface area contributed by atoms with Crippen molar-refractivity contribution in [2.24, 2.45) is 12.1 Å². The van der Waals surface area contributed by atoms with Crippen LogP contribution in [-0.2, 0) is 22.8 Å². The first kappa shape index (κ1) is 29.7. The third kappa shape index (κ3) is 6.54. The van der Waals surface area contributed by atoms with E-state index in [1.54, 1.807) is 18.2 Å². The first-order chi connectivity index (χ1) is 19.6. The second-order valence-corrected chi connectivity index (χ2v) is 9.41. The quantitative estimate of drug-likeness (QED) is 0.357. The molecule has 1 aliphatic heterocycles. The van der Waals surface area contributed by atoms with E-state index in [2.05, 4.69) is 5.10 Å². The molecule has 218 valence electrons. The lowest BCUT2D eigenvalue weighted by atomic mass is 9.99. The normalized spacial score (nSPS) is 15.0. The smallest absolute Gasteiger partial charge is 0.416 e. The fourth-order valence-corrected chi connectivity index (χ4v) is 4.67. The number of rotatable bonds is 10. The van der Waals surface area contributed by atoms with E-state index in [4.69, 9.17) is 14.2 Å². The SMILES string of the molecule is COCCN(CC(=O)N1N=C(c2cccn2C)CC1c1cc(OC)ccc1OC)C(=O)c1ccc(C(F)(F)F)cc1. The molecular formula is C29H31F3N4O5. The number of hydrazone groups is 1. The van der Waals surface area contributed by atoms with E-state index in [-0.39, 0.29) is 25.3 Å². The molecule has 1 aliphatic rings. The van der Waals surface area contributed by atoms with Gasteiger partial charge in [-0.25, -0.2) is 5.01 Å². The highest BCUT2D eigenvalue weighted by Crippen LogP contribution is 2.39. The maximum atomic E-state index is 13.8. The molecule has 2 heterocycles. The summed E-state index contributed by atoms with van der Waals surface area (Å²) in [7, 11) is 6.39. The predicted molar refractivity (Wildman–Crippen MR) is 145 cm³/mol. The van der Waals surface area contributed by atoms with Crippen molar-refractivity contribution in [3.8, 4) is 11.5 Å². The van der Waals surface area contributed by atoms with Crippen molar-refractivity contribution < 1.29 is 37.0 Å². The van der Waals surface area contributed by atoms with Crippen LogP contribution in [0.2, 0.25) is 0 Å². The van der Waals surface area contributed by atoms with Gasteiger partial charge in [-0.15, -0.1) is 0 Å². The van der Waals surface area contributed by atoms with E-state index in [9.17, 15) is 22.8 Å². The van der Waals surface area contributed by atoms with E-state index in [1.807, 2.05) is 29.9 Å². The van der Waals surface area contributed by atoms with Crippen molar-refractivity contribution in [1.82, 2.24) is 14.5 Å². The molecule has 0 saturated carbocycles. The molecule has 0 N–H and O–H groups in total. The van der Waals surface area contributed by atoms with Crippen LogP contribution in [0, 0.1) is 0 Å². The summed E-state index contributed by atoms with van der Waals surface area (Å²) >= 11 is 0. The molecule has 2 amide bonds. The number of hydrogen-bond acceptors (Lipinski definition) is 6. The zero-order valence-electron chi connectivity index (χ0n) is 23.1. The van der Waals surface area contributed by atoms with Gasteiger partial charge in [0.2, 0.25) is 0 Å². The third-order valence-electron chi connectivity index (χ3n) is 6.84. The Hall–Kier alpha value is -4.32. The average molecular weight is 573 g/mol. The van der Waals surface area contributed by atoms with Crippen LogP contribution in [-0.4, -0.2) is 73.0 Å². The largest absolute Gasteiger partial charge is 0.497 e. The monoisotopic (exact) mass is 572 g/mol. The molecule has 0 spiro atoms. The van der Waals surface area contributed by atoms with Crippen LogP contribution in [0.1, 0.15) is 39.6 Å². The molecule has 2 aromatic carbocycles. The minimum atomic E-state index is -4.53. The van der Waals surface area contributed by atoms with Gasteiger partial charge in [-0.2, -0.15) is 18.3 Å². The number of nitrogens with zero attached hydrogens (tertiary/aromatic N) is 4. The molecule has 0 aliphatic carbocycles. The van der Waals surface area contributed by atoms with Gasteiger partial charge in [-0.1, -0.05) is 0 Å². The Kier molecular flexibility index (Phi) is 9.01. The Morgan fingerprint density at radius 3 is 2.37 bits per heavy atom. The highest BCUT2D eigenvalue weighted by molar-refractivity contribution is 6.03. The fraction of sp³-hybridized carbons (Fsp3) is 0.345. The lowest BCUT2D eigenvalue weighted by Crippen LogP contribution is -2.42. The Morgan fingerprint density at radius 1 is 1.05 bits per heavy atom. The first-order valence-electron chi connectivity index (χ1n) is 12.8. The number of hydrogen-bond donors (Lipinski definition) is 0. The molecule has 1 atom stereocenters. The van der Waals surface area contributed by atoms with Gasteiger partial charge in [0.15, 0.2) is 0 Å². The van der Waals surface area contributed by atoms with Crippen molar-refractivity contribution in [3.63, 3.8) is 0 Å². The molecule has 1 aromatic heterocycles. The van der Waals surface area contributed by atoms with Gasteiger partial charge in [0, 0.05) is 44.4 Å². The second kappa shape index (κ2) is 12.5. The molecule has 1 unspecified atom stereocenters.